The van der Waals surface area contributed by atoms with Crippen LogP contribution in [0.15, 0.2) is 47.9 Å². The monoisotopic (exact) mass is 394 g/mol. The molecule has 1 atom stereocenters. The number of nitrogens with zero attached hydrogens (tertiary/aromatic N) is 4. The summed E-state index contributed by atoms with van der Waals surface area (Å²) in [6.45, 7) is 4.76. The van der Waals surface area contributed by atoms with Gasteiger partial charge < -0.3 is 4.74 Å². The molecule has 0 unspecified atom stereocenters. The summed E-state index contributed by atoms with van der Waals surface area (Å²) in [6.07, 6.45) is 6.01. The van der Waals surface area contributed by atoms with Crippen molar-refractivity contribution in [3.8, 4) is 17.1 Å². The first-order valence-corrected chi connectivity index (χ1v) is 10.4. The lowest BCUT2D eigenvalue weighted by Gasteiger charge is -2.18. The van der Waals surface area contributed by atoms with Crippen molar-refractivity contribution >= 4 is 17.7 Å². The molecule has 0 spiro atoms. The molecule has 1 aliphatic heterocycles. The number of para-hydroxylation sites is 1. The molecule has 0 saturated carbocycles. The number of hydrogen-bond acceptors (Lipinski definition) is 6. The second-order valence-electron chi connectivity index (χ2n) is 6.58. The third-order valence-corrected chi connectivity index (χ3v) is 6.06. The summed E-state index contributed by atoms with van der Waals surface area (Å²) in [6, 6.07) is 10.2. The second kappa shape index (κ2) is 8.14. The van der Waals surface area contributed by atoms with E-state index in [1.807, 2.05) is 12.1 Å². The maximum atomic E-state index is 12.0. The van der Waals surface area contributed by atoms with Gasteiger partial charge in [-0.1, -0.05) is 43.8 Å². The first-order valence-electron chi connectivity index (χ1n) is 9.53. The molecule has 1 fully saturated rings. The molecule has 7 heteroatoms. The number of aryl methyl sites for hydroxylation is 2. The number of carbonyl (C=O) groups excluding carboxylic acids is 1. The van der Waals surface area contributed by atoms with Crippen LogP contribution in [0.1, 0.15) is 31.4 Å². The lowest BCUT2D eigenvalue weighted by atomic mass is 10.0. The fourth-order valence-corrected chi connectivity index (χ4v) is 4.45. The molecule has 0 bridgehead atoms. The van der Waals surface area contributed by atoms with E-state index in [2.05, 4.69) is 51.8 Å². The Morgan fingerprint density at radius 1 is 1.14 bits per heavy atom. The molecular weight excluding hydrogens is 372 g/mol. The molecule has 28 heavy (non-hydrogen) atoms. The van der Waals surface area contributed by atoms with E-state index in [0.717, 1.165) is 29.9 Å². The second-order valence-corrected chi connectivity index (χ2v) is 7.75. The molecule has 1 saturated heterocycles. The number of rotatable bonds is 6. The minimum atomic E-state index is -0.247. The Balaban J connectivity index is 1.91. The van der Waals surface area contributed by atoms with Gasteiger partial charge in [0.05, 0.1) is 12.3 Å². The third-order valence-electron chi connectivity index (χ3n) is 4.88. The fraction of sp³-hybridized carbons (Fsp3) is 0.333. The predicted molar refractivity (Wildman–Crippen MR) is 109 cm³/mol. The summed E-state index contributed by atoms with van der Waals surface area (Å²) >= 11 is 1.43. The van der Waals surface area contributed by atoms with Crippen LogP contribution in [0.25, 0.3) is 17.1 Å². The van der Waals surface area contributed by atoms with Crippen LogP contribution in [0.3, 0.4) is 0 Å². The van der Waals surface area contributed by atoms with Crippen LogP contribution < -0.4 is 0 Å². The van der Waals surface area contributed by atoms with Crippen LogP contribution >= 0.6 is 11.8 Å². The zero-order chi connectivity index (χ0) is 19.5. The first kappa shape index (κ1) is 18.7. The van der Waals surface area contributed by atoms with Crippen molar-refractivity contribution in [3.05, 3.63) is 53.9 Å². The zero-order valence-corrected chi connectivity index (χ0v) is 16.8. The maximum absolute atomic E-state index is 12.0. The van der Waals surface area contributed by atoms with Gasteiger partial charge in [-0.25, -0.2) is 0 Å². The molecular formula is C21H22N4O2S. The quantitative estimate of drug-likeness (QED) is 0.591. The van der Waals surface area contributed by atoms with Crippen LogP contribution in [0.2, 0.25) is 0 Å². The largest absolute Gasteiger partial charge is 0.465 e. The first-order chi connectivity index (χ1) is 13.7. The van der Waals surface area contributed by atoms with Crippen molar-refractivity contribution < 1.29 is 9.53 Å². The summed E-state index contributed by atoms with van der Waals surface area (Å²) in [4.78, 5) is 16.3. The van der Waals surface area contributed by atoms with E-state index in [9.17, 15) is 4.79 Å². The third kappa shape index (κ3) is 3.42. The van der Waals surface area contributed by atoms with Crippen molar-refractivity contribution in [2.75, 3.05) is 6.61 Å². The van der Waals surface area contributed by atoms with Crippen molar-refractivity contribution in [1.29, 1.82) is 0 Å². The number of hydrogen-bond donors (Lipinski definition) is 0. The van der Waals surface area contributed by atoms with Gasteiger partial charge >= 0.3 is 5.97 Å². The minimum absolute atomic E-state index is 0.179. The van der Waals surface area contributed by atoms with E-state index < -0.39 is 0 Å². The number of esters is 1. The molecule has 6 nitrogen and oxygen atoms in total. The Hall–Kier alpha value is -2.67. The van der Waals surface area contributed by atoms with Gasteiger partial charge in [-0.3, -0.25) is 14.3 Å². The molecule has 0 N–H and O–H groups in total. The van der Waals surface area contributed by atoms with Crippen molar-refractivity contribution in [2.24, 2.45) is 0 Å². The van der Waals surface area contributed by atoms with E-state index in [-0.39, 0.29) is 11.2 Å². The molecule has 3 heterocycles. The molecule has 4 rings (SSSR count). The molecule has 0 amide bonds. The highest BCUT2D eigenvalue weighted by Gasteiger charge is 2.31. The van der Waals surface area contributed by atoms with Crippen molar-refractivity contribution in [1.82, 2.24) is 19.7 Å². The molecule has 3 aromatic rings. The molecule has 1 aliphatic rings. The van der Waals surface area contributed by atoms with Gasteiger partial charge in [0.1, 0.15) is 5.25 Å². The topological polar surface area (TPSA) is 69.9 Å². The van der Waals surface area contributed by atoms with Crippen LogP contribution in [0, 0.1) is 0 Å². The van der Waals surface area contributed by atoms with Gasteiger partial charge in [-0.05, 0) is 36.1 Å². The Morgan fingerprint density at radius 2 is 1.93 bits per heavy atom. The highest BCUT2D eigenvalue weighted by atomic mass is 32.2. The number of thioether (sulfide) groups is 1. The maximum Gasteiger partial charge on any atom is 0.319 e. The van der Waals surface area contributed by atoms with Crippen LogP contribution in [0.5, 0.6) is 0 Å². The van der Waals surface area contributed by atoms with Gasteiger partial charge in [0.15, 0.2) is 11.0 Å². The average Bonchev–Trinajstić information content (AvgIpc) is 3.34. The van der Waals surface area contributed by atoms with E-state index >= 15 is 0 Å². The number of ether oxygens (including phenoxy) is 1. The summed E-state index contributed by atoms with van der Waals surface area (Å²) < 4.78 is 7.23. The fourth-order valence-electron chi connectivity index (χ4n) is 3.44. The number of benzene rings is 1. The molecule has 0 radical (unpaired) electrons. The number of cyclic esters (lactones) is 1. The normalized spacial score (nSPS) is 16.4. The van der Waals surface area contributed by atoms with Crippen LogP contribution in [-0.2, 0) is 22.4 Å². The summed E-state index contributed by atoms with van der Waals surface area (Å²) in [7, 11) is 0. The average molecular weight is 395 g/mol. The predicted octanol–water partition coefficient (Wildman–Crippen LogP) is 3.86. The SMILES string of the molecule is CCc1cccc(CC)c1-n1c(S[C@H]2CCOC2=O)nnc1-c1cccnc1. The summed E-state index contributed by atoms with van der Waals surface area (Å²) in [5, 5.41) is 9.40. The van der Waals surface area contributed by atoms with E-state index in [1.54, 1.807) is 12.4 Å². The van der Waals surface area contributed by atoms with Gasteiger partial charge in [-0.2, -0.15) is 0 Å². The molecule has 144 valence electrons. The standard InChI is InChI=1S/C21H22N4O2S/c1-3-14-7-5-8-15(4-2)18(14)25-19(16-9-6-11-22-13-16)23-24-21(25)28-17-10-12-27-20(17)26/h5-9,11,13,17H,3-4,10,12H2,1-2H3/t17-/m0/s1. The van der Waals surface area contributed by atoms with Gasteiger partial charge in [0, 0.05) is 24.4 Å². The van der Waals surface area contributed by atoms with Gasteiger partial charge in [0.25, 0.3) is 0 Å². The van der Waals surface area contributed by atoms with E-state index in [4.69, 9.17) is 4.74 Å². The zero-order valence-electron chi connectivity index (χ0n) is 16.0. The highest BCUT2D eigenvalue weighted by molar-refractivity contribution is 8.00. The van der Waals surface area contributed by atoms with Gasteiger partial charge in [-0.15, -0.1) is 10.2 Å². The van der Waals surface area contributed by atoms with Crippen molar-refractivity contribution in [3.63, 3.8) is 0 Å². The van der Waals surface area contributed by atoms with Gasteiger partial charge in [0.2, 0.25) is 0 Å². The highest BCUT2D eigenvalue weighted by Crippen LogP contribution is 2.35. The summed E-state index contributed by atoms with van der Waals surface area (Å²) in [5.41, 5.74) is 4.44. The van der Waals surface area contributed by atoms with E-state index in [1.165, 1.54) is 22.9 Å². The lowest BCUT2D eigenvalue weighted by Crippen LogP contribution is -2.12. The minimum Gasteiger partial charge on any atom is -0.465 e. The number of carbonyl (C=O) groups is 1. The van der Waals surface area contributed by atoms with Crippen LogP contribution in [-0.4, -0.2) is 37.6 Å². The lowest BCUT2D eigenvalue weighted by molar-refractivity contribution is -0.137. The Kier molecular flexibility index (Phi) is 5.43. The molecule has 2 aromatic heterocycles. The smallest absolute Gasteiger partial charge is 0.319 e. The molecule has 0 aliphatic carbocycles. The van der Waals surface area contributed by atoms with E-state index in [0.29, 0.717) is 18.2 Å². The van der Waals surface area contributed by atoms with Crippen molar-refractivity contribution in [2.45, 2.75) is 43.5 Å². The Bertz CT molecular complexity index is 965. The Morgan fingerprint density at radius 3 is 2.54 bits per heavy atom. The number of pyridine rings is 1. The van der Waals surface area contributed by atoms with Crippen LogP contribution in [0.4, 0.5) is 0 Å². The molecule has 1 aromatic carbocycles. The Labute approximate surface area is 168 Å². The number of aromatic nitrogens is 4. The summed E-state index contributed by atoms with van der Waals surface area (Å²) in [5.74, 6) is 0.555.